The van der Waals surface area contributed by atoms with Crippen LogP contribution in [0.25, 0.3) is 0 Å². The molecule has 4 nitrogen and oxygen atoms in total. The zero-order valence-corrected chi connectivity index (χ0v) is 14.1. The van der Waals surface area contributed by atoms with E-state index < -0.39 is 0 Å². The van der Waals surface area contributed by atoms with E-state index in [1.54, 1.807) is 53.4 Å². The normalized spacial score (nSPS) is 10.2. The van der Waals surface area contributed by atoms with Gasteiger partial charge in [0.1, 0.15) is 0 Å². The van der Waals surface area contributed by atoms with Crippen molar-refractivity contribution in [1.29, 1.82) is 0 Å². The molecule has 2 aromatic rings. The van der Waals surface area contributed by atoms with Gasteiger partial charge in [-0.15, -0.1) is 0 Å². The molecule has 2 amide bonds. The van der Waals surface area contributed by atoms with Crippen molar-refractivity contribution >= 4 is 40.7 Å². The van der Waals surface area contributed by atoms with Crippen LogP contribution in [-0.2, 0) is 4.79 Å². The van der Waals surface area contributed by atoms with Crippen LogP contribution in [0.2, 0.25) is 10.0 Å². The quantitative estimate of drug-likeness (QED) is 0.891. The van der Waals surface area contributed by atoms with Gasteiger partial charge in [-0.2, -0.15) is 0 Å². The van der Waals surface area contributed by atoms with Gasteiger partial charge >= 0.3 is 0 Å². The van der Waals surface area contributed by atoms with Crippen LogP contribution in [0.15, 0.2) is 48.5 Å². The minimum absolute atomic E-state index is 0.104. The summed E-state index contributed by atoms with van der Waals surface area (Å²) in [6, 6.07) is 13.6. The van der Waals surface area contributed by atoms with Crippen LogP contribution in [-0.4, -0.2) is 24.9 Å². The molecule has 0 bridgehead atoms. The Bertz CT molecular complexity index is 685. The molecule has 0 spiro atoms. The molecule has 2 rings (SSSR count). The highest BCUT2D eigenvalue weighted by Gasteiger charge is 2.12. The number of hydrogen-bond acceptors (Lipinski definition) is 2. The lowest BCUT2D eigenvalue weighted by Gasteiger charge is -2.21. The van der Waals surface area contributed by atoms with Crippen LogP contribution in [0, 0.1) is 0 Å². The topological polar surface area (TPSA) is 49.4 Å². The molecule has 0 saturated heterocycles. The summed E-state index contributed by atoms with van der Waals surface area (Å²) in [7, 11) is 0. The number of nitrogens with one attached hydrogen (secondary N) is 1. The number of carbonyl (C=O) groups is 2. The molecule has 2 aromatic carbocycles. The minimum Gasteiger partial charge on any atom is -0.350 e. The summed E-state index contributed by atoms with van der Waals surface area (Å²) in [6.45, 7) is 2.19. The van der Waals surface area contributed by atoms with E-state index >= 15 is 0 Å². The van der Waals surface area contributed by atoms with E-state index in [1.165, 1.54) is 6.92 Å². The molecule has 0 aliphatic rings. The average molecular weight is 351 g/mol. The number of anilines is 1. The lowest BCUT2D eigenvalue weighted by atomic mass is 10.2. The molecular formula is C17H16Cl2N2O2. The first-order valence-corrected chi connectivity index (χ1v) is 7.80. The Morgan fingerprint density at radius 2 is 1.48 bits per heavy atom. The highest BCUT2D eigenvalue weighted by molar-refractivity contribution is 6.31. The predicted molar refractivity (Wildman–Crippen MR) is 93.3 cm³/mol. The van der Waals surface area contributed by atoms with Gasteiger partial charge in [0.05, 0.1) is 0 Å². The average Bonchev–Trinajstić information content (AvgIpc) is 2.53. The number of carbonyl (C=O) groups excluding carboxylic acids is 2. The lowest BCUT2D eigenvalue weighted by Crippen LogP contribution is -2.37. The largest absolute Gasteiger partial charge is 0.350 e. The van der Waals surface area contributed by atoms with E-state index in [4.69, 9.17) is 23.2 Å². The third-order valence-electron chi connectivity index (χ3n) is 3.25. The Morgan fingerprint density at radius 3 is 2.00 bits per heavy atom. The van der Waals surface area contributed by atoms with Crippen molar-refractivity contribution in [3.8, 4) is 0 Å². The van der Waals surface area contributed by atoms with E-state index in [9.17, 15) is 9.59 Å². The molecule has 120 valence electrons. The number of hydrogen-bond donors (Lipinski definition) is 1. The Balaban J connectivity index is 1.94. The summed E-state index contributed by atoms with van der Waals surface area (Å²) >= 11 is 11.6. The monoisotopic (exact) mass is 350 g/mol. The highest BCUT2D eigenvalue weighted by atomic mass is 35.5. The SMILES string of the molecule is CC(=O)N(CCNC(=O)c1ccc(Cl)cc1)c1ccc(Cl)cc1. The second-order valence-electron chi connectivity index (χ2n) is 4.91. The first-order chi connectivity index (χ1) is 11.0. The van der Waals surface area contributed by atoms with Crippen molar-refractivity contribution in [2.75, 3.05) is 18.0 Å². The van der Waals surface area contributed by atoms with E-state index in [2.05, 4.69) is 5.32 Å². The van der Waals surface area contributed by atoms with Gasteiger partial charge in [-0.05, 0) is 48.5 Å². The smallest absolute Gasteiger partial charge is 0.251 e. The molecule has 0 heterocycles. The summed E-state index contributed by atoms with van der Waals surface area (Å²) in [6.07, 6.45) is 0. The fraction of sp³-hybridized carbons (Fsp3) is 0.176. The third-order valence-corrected chi connectivity index (χ3v) is 3.75. The molecule has 0 fully saturated rings. The zero-order chi connectivity index (χ0) is 16.8. The molecule has 0 unspecified atom stereocenters. The van der Waals surface area contributed by atoms with E-state index in [-0.39, 0.29) is 11.8 Å². The summed E-state index contributed by atoms with van der Waals surface area (Å²) < 4.78 is 0. The number of benzene rings is 2. The van der Waals surface area contributed by atoms with Gasteiger partial charge in [0.15, 0.2) is 0 Å². The Hall–Kier alpha value is -2.04. The fourth-order valence-electron chi connectivity index (χ4n) is 2.07. The highest BCUT2D eigenvalue weighted by Crippen LogP contribution is 2.18. The van der Waals surface area contributed by atoms with Crippen LogP contribution in [0.1, 0.15) is 17.3 Å². The van der Waals surface area contributed by atoms with Crippen molar-refractivity contribution in [2.24, 2.45) is 0 Å². The molecule has 0 saturated carbocycles. The minimum atomic E-state index is -0.207. The van der Waals surface area contributed by atoms with Gasteiger partial charge in [-0.25, -0.2) is 0 Å². The predicted octanol–water partition coefficient (Wildman–Crippen LogP) is 3.78. The van der Waals surface area contributed by atoms with Crippen molar-refractivity contribution in [3.05, 3.63) is 64.1 Å². The summed E-state index contributed by atoms with van der Waals surface area (Å²) in [5, 5.41) is 3.96. The van der Waals surface area contributed by atoms with Gasteiger partial charge in [0, 0.05) is 41.3 Å². The molecular weight excluding hydrogens is 335 g/mol. The molecule has 0 atom stereocenters. The van der Waals surface area contributed by atoms with Gasteiger partial charge < -0.3 is 10.2 Å². The van der Waals surface area contributed by atoms with Gasteiger partial charge in [-0.1, -0.05) is 23.2 Å². The first-order valence-electron chi connectivity index (χ1n) is 7.05. The second kappa shape index (κ2) is 7.99. The lowest BCUT2D eigenvalue weighted by molar-refractivity contribution is -0.116. The van der Waals surface area contributed by atoms with Crippen LogP contribution < -0.4 is 10.2 Å². The number of rotatable bonds is 5. The Labute approximate surface area is 145 Å². The fourth-order valence-corrected chi connectivity index (χ4v) is 2.33. The standard InChI is InChI=1S/C17H16Cl2N2O2/c1-12(22)21(16-8-6-15(19)7-9-16)11-10-20-17(23)13-2-4-14(18)5-3-13/h2-9H,10-11H2,1H3,(H,20,23). The number of amides is 2. The Morgan fingerprint density at radius 1 is 0.957 bits per heavy atom. The molecule has 0 aliphatic heterocycles. The number of halogens is 2. The molecule has 23 heavy (non-hydrogen) atoms. The molecule has 0 radical (unpaired) electrons. The van der Waals surface area contributed by atoms with Crippen LogP contribution >= 0.6 is 23.2 Å². The van der Waals surface area contributed by atoms with Crippen molar-refractivity contribution in [3.63, 3.8) is 0 Å². The van der Waals surface area contributed by atoms with Crippen LogP contribution in [0.3, 0.4) is 0 Å². The molecule has 0 aromatic heterocycles. The van der Waals surface area contributed by atoms with Gasteiger partial charge in [0.25, 0.3) is 5.91 Å². The van der Waals surface area contributed by atoms with Gasteiger partial charge in [0.2, 0.25) is 5.91 Å². The van der Waals surface area contributed by atoms with E-state index in [0.29, 0.717) is 28.7 Å². The first kappa shape index (κ1) is 17.3. The third kappa shape index (κ3) is 4.98. The summed E-state index contributed by atoms with van der Waals surface area (Å²) in [4.78, 5) is 25.4. The molecule has 1 N–H and O–H groups in total. The maximum absolute atomic E-state index is 12.0. The summed E-state index contributed by atoms with van der Waals surface area (Å²) in [5.41, 5.74) is 1.26. The zero-order valence-electron chi connectivity index (χ0n) is 12.6. The van der Waals surface area contributed by atoms with Gasteiger partial charge in [-0.3, -0.25) is 9.59 Å². The van der Waals surface area contributed by atoms with Crippen LogP contribution in [0.4, 0.5) is 5.69 Å². The maximum Gasteiger partial charge on any atom is 0.251 e. The molecule has 6 heteroatoms. The second-order valence-corrected chi connectivity index (χ2v) is 5.78. The van der Waals surface area contributed by atoms with E-state index in [0.717, 1.165) is 5.69 Å². The summed E-state index contributed by atoms with van der Waals surface area (Å²) in [5.74, 6) is -0.311. The van der Waals surface area contributed by atoms with E-state index in [1.807, 2.05) is 0 Å². The Kier molecular flexibility index (Phi) is 6.02. The van der Waals surface area contributed by atoms with Crippen molar-refractivity contribution < 1.29 is 9.59 Å². The molecule has 0 aliphatic carbocycles. The maximum atomic E-state index is 12.0. The van der Waals surface area contributed by atoms with Crippen LogP contribution in [0.5, 0.6) is 0 Å². The van der Waals surface area contributed by atoms with Crippen molar-refractivity contribution in [2.45, 2.75) is 6.92 Å². The van der Waals surface area contributed by atoms with Crippen molar-refractivity contribution in [1.82, 2.24) is 5.32 Å². The number of nitrogens with zero attached hydrogens (tertiary/aromatic N) is 1.